The zero-order valence-corrected chi connectivity index (χ0v) is 13.2. The lowest BCUT2D eigenvalue weighted by Gasteiger charge is -2.22. The number of hydrogen-bond acceptors (Lipinski definition) is 3. The van der Waals surface area contributed by atoms with Crippen molar-refractivity contribution in [2.45, 2.75) is 25.6 Å². The molecular formula is C17H20F3N3O. The smallest absolute Gasteiger partial charge is 0.381 e. The molecule has 2 aromatic rings. The summed E-state index contributed by atoms with van der Waals surface area (Å²) in [5, 5.41) is 6.97. The highest BCUT2D eigenvalue weighted by Gasteiger charge is 2.33. The molecule has 0 bridgehead atoms. The Morgan fingerprint density at radius 3 is 2.62 bits per heavy atom. The van der Waals surface area contributed by atoms with Crippen molar-refractivity contribution in [3.8, 4) is 5.69 Å². The van der Waals surface area contributed by atoms with E-state index in [1.807, 2.05) is 12.1 Å². The van der Waals surface area contributed by atoms with Gasteiger partial charge in [0.25, 0.3) is 0 Å². The number of nitrogens with one attached hydrogen (secondary N) is 1. The van der Waals surface area contributed by atoms with Gasteiger partial charge in [-0.15, -0.1) is 0 Å². The fraction of sp³-hybridized carbons (Fsp3) is 0.471. The number of aromatic nitrogens is 2. The third kappa shape index (κ3) is 4.36. The molecule has 0 amide bonds. The Morgan fingerprint density at radius 2 is 2.00 bits per heavy atom. The highest BCUT2D eigenvalue weighted by molar-refractivity contribution is 5.34. The van der Waals surface area contributed by atoms with Gasteiger partial charge in [0.15, 0.2) is 5.69 Å². The van der Waals surface area contributed by atoms with Crippen LogP contribution in [-0.4, -0.2) is 29.5 Å². The number of halogens is 3. The average molecular weight is 339 g/mol. The average Bonchev–Trinajstić information content (AvgIpc) is 3.07. The number of rotatable bonds is 5. The fourth-order valence-corrected chi connectivity index (χ4v) is 2.77. The van der Waals surface area contributed by atoms with Crippen LogP contribution in [0.5, 0.6) is 0 Å². The van der Waals surface area contributed by atoms with Gasteiger partial charge in [-0.05, 0) is 42.5 Å². The first kappa shape index (κ1) is 17.0. The summed E-state index contributed by atoms with van der Waals surface area (Å²) in [5.74, 6) is 0.558. The zero-order chi connectivity index (χ0) is 17.0. The van der Waals surface area contributed by atoms with Crippen molar-refractivity contribution in [3.63, 3.8) is 0 Å². The van der Waals surface area contributed by atoms with Crippen molar-refractivity contribution in [2.24, 2.45) is 5.92 Å². The van der Waals surface area contributed by atoms with Crippen molar-refractivity contribution in [2.75, 3.05) is 19.8 Å². The van der Waals surface area contributed by atoms with Crippen LogP contribution in [0.25, 0.3) is 5.69 Å². The summed E-state index contributed by atoms with van der Waals surface area (Å²) in [6.07, 6.45) is -0.797. The molecule has 24 heavy (non-hydrogen) atoms. The van der Waals surface area contributed by atoms with Gasteiger partial charge in [-0.3, -0.25) is 0 Å². The Balaban J connectivity index is 1.54. The van der Waals surface area contributed by atoms with E-state index < -0.39 is 11.9 Å². The molecule has 1 unspecified atom stereocenters. The van der Waals surface area contributed by atoms with Gasteiger partial charge in [-0.25, -0.2) is 4.68 Å². The van der Waals surface area contributed by atoms with Crippen LogP contribution in [-0.2, 0) is 17.5 Å². The molecule has 1 aliphatic heterocycles. The molecule has 3 rings (SSSR count). The Labute approximate surface area is 138 Å². The lowest BCUT2D eigenvalue weighted by Crippen LogP contribution is -2.28. The van der Waals surface area contributed by atoms with Crippen LogP contribution in [0.15, 0.2) is 36.5 Å². The second-order valence-electron chi connectivity index (χ2n) is 6.02. The number of hydrogen-bond donors (Lipinski definition) is 1. The highest BCUT2D eigenvalue weighted by atomic mass is 19.4. The van der Waals surface area contributed by atoms with Crippen LogP contribution in [0.1, 0.15) is 24.1 Å². The molecule has 130 valence electrons. The topological polar surface area (TPSA) is 39.1 Å². The third-order valence-electron chi connectivity index (χ3n) is 4.10. The van der Waals surface area contributed by atoms with Gasteiger partial charge in [-0.1, -0.05) is 12.1 Å². The van der Waals surface area contributed by atoms with E-state index in [4.69, 9.17) is 4.74 Å². The first-order valence-corrected chi connectivity index (χ1v) is 8.03. The van der Waals surface area contributed by atoms with E-state index in [1.165, 1.54) is 17.3 Å². The summed E-state index contributed by atoms with van der Waals surface area (Å²) in [7, 11) is 0. The van der Waals surface area contributed by atoms with E-state index in [9.17, 15) is 13.2 Å². The molecule has 7 heteroatoms. The van der Waals surface area contributed by atoms with Gasteiger partial charge in [0.2, 0.25) is 0 Å². The molecular weight excluding hydrogens is 319 g/mol. The van der Waals surface area contributed by atoms with Gasteiger partial charge in [0.05, 0.1) is 12.3 Å². The van der Waals surface area contributed by atoms with Crippen molar-refractivity contribution in [3.05, 3.63) is 47.8 Å². The zero-order valence-electron chi connectivity index (χ0n) is 13.2. The number of nitrogens with zero attached hydrogens (tertiary/aromatic N) is 2. The SMILES string of the molecule is FC(F)(F)c1ccn(-c2ccc(CNCC3CCCOC3)cc2)n1. The van der Waals surface area contributed by atoms with E-state index in [0.29, 0.717) is 11.6 Å². The molecule has 0 saturated carbocycles. The number of benzene rings is 1. The lowest BCUT2D eigenvalue weighted by molar-refractivity contribution is -0.141. The molecule has 4 nitrogen and oxygen atoms in total. The van der Waals surface area contributed by atoms with Gasteiger partial charge in [0.1, 0.15) is 0 Å². The van der Waals surface area contributed by atoms with E-state index in [2.05, 4.69) is 10.4 Å². The van der Waals surface area contributed by atoms with Crippen LogP contribution < -0.4 is 5.32 Å². The maximum atomic E-state index is 12.6. The van der Waals surface area contributed by atoms with Crippen LogP contribution in [0.4, 0.5) is 13.2 Å². The van der Waals surface area contributed by atoms with Crippen molar-refractivity contribution >= 4 is 0 Å². The minimum Gasteiger partial charge on any atom is -0.381 e. The minimum atomic E-state index is -4.42. The minimum absolute atomic E-state index is 0.558. The van der Waals surface area contributed by atoms with Crippen molar-refractivity contribution in [1.29, 1.82) is 0 Å². The summed E-state index contributed by atoms with van der Waals surface area (Å²) >= 11 is 0. The summed E-state index contributed by atoms with van der Waals surface area (Å²) in [4.78, 5) is 0. The van der Waals surface area contributed by atoms with Crippen LogP contribution in [0.3, 0.4) is 0 Å². The van der Waals surface area contributed by atoms with E-state index in [0.717, 1.165) is 44.4 Å². The Bertz CT molecular complexity index is 646. The van der Waals surface area contributed by atoms with Crippen molar-refractivity contribution in [1.82, 2.24) is 15.1 Å². The molecule has 0 aliphatic carbocycles. The molecule has 1 aliphatic rings. The molecule has 0 radical (unpaired) electrons. The first-order chi connectivity index (χ1) is 11.5. The van der Waals surface area contributed by atoms with Crippen molar-refractivity contribution < 1.29 is 17.9 Å². The highest BCUT2D eigenvalue weighted by Crippen LogP contribution is 2.27. The van der Waals surface area contributed by atoms with Gasteiger partial charge >= 0.3 is 6.18 Å². The lowest BCUT2D eigenvalue weighted by atomic mass is 10.0. The normalized spacial score (nSPS) is 18.7. The van der Waals surface area contributed by atoms with Crippen LogP contribution in [0, 0.1) is 5.92 Å². The number of alkyl halides is 3. The molecule has 1 fully saturated rings. The van der Waals surface area contributed by atoms with Gasteiger partial charge < -0.3 is 10.1 Å². The molecule has 1 aromatic carbocycles. The Morgan fingerprint density at radius 1 is 1.21 bits per heavy atom. The third-order valence-corrected chi connectivity index (χ3v) is 4.10. The van der Waals surface area contributed by atoms with Gasteiger partial charge in [0, 0.05) is 25.9 Å². The second-order valence-corrected chi connectivity index (χ2v) is 6.02. The first-order valence-electron chi connectivity index (χ1n) is 8.03. The predicted molar refractivity (Wildman–Crippen MR) is 83.8 cm³/mol. The largest absolute Gasteiger partial charge is 0.435 e. The molecule has 1 atom stereocenters. The molecule has 2 heterocycles. The van der Waals surface area contributed by atoms with Crippen LogP contribution >= 0.6 is 0 Å². The fourth-order valence-electron chi connectivity index (χ4n) is 2.77. The molecule has 1 aromatic heterocycles. The standard InChI is InChI=1S/C17H20F3N3O/c18-17(19,20)16-7-8-23(22-16)15-5-3-13(4-6-15)10-21-11-14-2-1-9-24-12-14/h3-8,14,21H,1-2,9-12H2. The maximum Gasteiger partial charge on any atom is 0.435 e. The maximum absolute atomic E-state index is 12.6. The summed E-state index contributed by atoms with van der Waals surface area (Å²) in [6.45, 7) is 3.31. The Hall–Kier alpha value is -1.86. The van der Waals surface area contributed by atoms with Gasteiger partial charge in [-0.2, -0.15) is 18.3 Å². The van der Waals surface area contributed by atoms with E-state index in [1.54, 1.807) is 12.1 Å². The molecule has 0 spiro atoms. The molecule has 1 N–H and O–H groups in total. The summed E-state index contributed by atoms with van der Waals surface area (Å²) in [6, 6.07) is 8.31. The Kier molecular flexibility index (Phi) is 5.20. The van der Waals surface area contributed by atoms with E-state index in [-0.39, 0.29) is 0 Å². The molecule has 1 saturated heterocycles. The summed E-state index contributed by atoms with van der Waals surface area (Å²) in [5.41, 5.74) is 0.802. The quantitative estimate of drug-likeness (QED) is 0.907. The summed E-state index contributed by atoms with van der Waals surface area (Å²) < 4.78 is 44.4. The second kappa shape index (κ2) is 7.36. The van der Waals surface area contributed by atoms with E-state index >= 15 is 0 Å². The van der Waals surface area contributed by atoms with Crippen LogP contribution in [0.2, 0.25) is 0 Å². The predicted octanol–water partition coefficient (Wildman–Crippen LogP) is 3.41. The number of ether oxygens (including phenoxy) is 1. The monoisotopic (exact) mass is 339 g/mol.